The quantitative estimate of drug-likeness (QED) is 0.767. The zero-order chi connectivity index (χ0) is 12.1. The summed E-state index contributed by atoms with van der Waals surface area (Å²) in [5.41, 5.74) is 1.86. The number of rotatable bonds is 5. The minimum Gasteiger partial charge on any atom is -0.299 e. The number of nitrogens with zero attached hydrogens (tertiary/aromatic N) is 4. The van der Waals surface area contributed by atoms with Crippen LogP contribution in [0.4, 0.5) is 0 Å². The summed E-state index contributed by atoms with van der Waals surface area (Å²) in [5.74, 6) is 0.183. The highest BCUT2D eigenvalue weighted by atomic mass is 16.1. The molecule has 0 unspecified atom stereocenters. The van der Waals surface area contributed by atoms with Gasteiger partial charge in [0.05, 0.1) is 12.1 Å². The first kappa shape index (κ1) is 11.4. The van der Waals surface area contributed by atoms with Gasteiger partial charge in [0.1, 0.15) is 5.78 Å². The monoisotopic (exact) mass is 230 g/mol. The third-order valence-corrected chi connectivity index (χ3v) is 2.47. The highest BCUT2D eigenvalue weighted by Gasteiger charge is 2.07. The molecule has 2 rings (SSSR count). The van der Waals surface area contributed by atoms with E-state index >= 15 is 0 Å². The van der Waals surface area contributed by atoms with Crippen molar-refractivity contribution in [3.63, 3.8) is 0 Å². The van der Waals surface area contributed by atoms with Gasteiger partial charge in [-0.05, 0) is 24.1 Å². The zero-order valence-electron chi connectivity index (χ0n) is 9.71. The first-order chi connectivity index (χ1) is 8.24. The predicted molar refractivity (Wildman–Crippen MR) is 62.3 cm³/mol. The lowest BCUT2D eigenvalue weighted by Gasteiger charge is -1.99. The minimum atomic E-state index is 0.183. The number of pyridine rings is 1. The van der Waals surface area contributed by atoms with Crippen molar-refractivity contribution < 1.29 is 4.79 Å². The van der Waals surface area contributed by atoms with Crippen LogP contribution in [-0.2, 0) is 24.7 Å². The van der Waals surface area contributed by atoms with Crippen LogP contribution in [0.25, 0.3) is 0 Å². The van der Waals surface area contributed by atoms with Crippen molar-refractivity contribution in [3.8, 4) is 0 Å². The van der Waals surface area contributed by atoms with Crippen LogP contribution in [0.1, 0.15) is 17.7 Å². The summed E-state index contributed by atoms with van der Waals surface area (Å²) in [6, 6.07) is 3.85. The lowest BCUT2D eigenvalue weighted by Crippen LogP contribution is -2.04. The van der Waals surface area contributed by atoms with Crippen LogP contribution in [0.2, 0.25) is 0 Å². The van der Waals surface area contributed by atoms with Gasteiger partial charge in [-0.25, -0.2) is 0 Å². The fourth-order valence-corrected chi connectivity index (χ4v) is 1.60. The second-order valence-electron chi connectivity index (χ2n) is 3.95. The van der Waals surface area contributed by atoms with Gasteiger partial charge in [0.25, 0.3) is 0 Å². The minimum absolute atomic E-state index is 0.183. The summed E-state index contributed by atoms with van der Waals surface area (Å²) in [5, 5.41) is 7.69. The topological polar surface area (TPSA) is 60.7 Å². The number of hydrogen-bond donors (Lipinski definition) is 0. The molecule has 2 heterocycles. The first-order valence-corrected chi connectivity index (χ1v) is 5.50. The van der Waals surface area contributed by atoms with Crippen LogP contribution >= 0.6 is 0 Å². The van der Waals surface area contributed by atoms with Crippen LogP contribution in [0.5, 0.6) is 0 Å². The van der Waals surface area contributed by atoms with Gasteiger partial charge in [0, 0.05) is 32.1 Å². The average molecular weight is 230 g/mol. The molecule has 0 aliphatic heterocycles. The van der Waals surface area contributed by atoms with Crippen LogP contribution in [0, 0.1) is 0 Å². The Labute approximate surface area is 99.5 Å². The van der Waals surface area contributed by atoms with Crippen molar-refractivity contribution >= 4 is 5.78 Å². The van der Waals surface area contributed by atoms with Crippen molar-refractivity contribution in [3.05, 3.63) is 42.0 Å². The molecule has 88 valence electrons. The fourth-order valence-electron chi connectivity index (χ4n) is 1.60. The van der Waals surface area contributed by atoms with E-state index in [0.717, 1.165) is 17.7 Å². The highest BCUT2D eigenvalue weighted by molar-refractivity contribution is 5.80. The molecule has 0 N–H and O–H groups in total. The molecule has 0 amide bonds. The van der Waals surface area contributed by atoms with Crippen molar-refractivity contribution in [2.24, 2.45) is 7.05 Å². The molecular weight excluding hydrogens is 216 g/mol. The summed E-state index contributed by atoms with van der Waals surface area (Å²) < 4.78 is 1.60. The Bertz CT molecular complexity index is 492. The molecule has 0 aliphatic carbocycles. The number of hydrogen-bond acceptors (Lipinski definition) is 4. The maximum absolute atomic E-state index is 11.7. The molecule has 17 heavy (non-hydrogen) atoms. The van der Waals surface area contributed by atoms with E-state index in [4.69, 9.17) is 0 Å². The number of ketones is 1. The molecule has 0 radical (unpaired) electrons. The van der Waals surface area contributed by atoms with Gasteiger partial charge < -0.3 is 0 Å². The summed E-state index contributed by atoms with van der Waals surface area (Å²) in [4.78, 5) is 15.6. The molecule has 2 aromatic rings. The van der Waals surface area contributed by atoms with Gasteiger partial charge in [0.15, 0.2) is 0 Å². The summed E-state index contributed by atoms with van der Waals surface area (Å²) in [6.45, 7) is 0. The second-order valence-corrected chi connectivity index (χ2v) is 3.95. The zero-order valence-corrected chi connectivity index (χ0v) is 9.71. The molecule has 0 bridgehead atoms. The highest BCUT2D eigenvalue weighted by Crippen LogP contribution is 2.04. The Morgan fingerprint density at radius 3 is 2.76 bits per heavy atom. The first-order valence-electron chi connectivity index (χ1n) is 5.50. The van der Waals surface area contributed by atoms with Crippen LogP contribution in [0.3, 0.4) is 0 Å². The Kier molecular flexibility index (Phi) is 3.59. The standard InChI is InChI=1S/C12H14N4O/c1-16-9-11(14-15-16)8-12(17)3-2-10-4-6-13-7-5-10/h4-7,9H,2-3,8H2,1H3. The third-order valence-electron chi connectivity index (χ3n) is 2.47. The maximum Gasteiger partial charge on any atom is 0.139 e. The van der Waals surface area contributed by atoms with Crippen molar-refractivity contribution in [2.45, 2.75) is 19.3 Å². The Balaban J connectivity index is 1.82. The van der Waals surface area contributed by atoms with Crippen molar-refractivity contribution in [2.75, 3.05) is 0 Å². The van der Waals surface area contributed by atoms with Crippen LogP contribution in [0.15, 0.2) is 30.7 Å². The van der Waals surface area contributed by atoms with E-state index in [0.29, 0.717) is 12.8 Å². The molecule has 0 fully saturated rings. The van der Waals surface area contributed by atoms with Gasteiger partial charge in [-0.2, -0.15) is 0 Å². The number of aromatic nitrogens is 4. The molecule has 5 nitrogen and oxygen atoms in total. The van der Waals surface area contributed by atoms with E-state index < -0.39 is 0 Å². The van der Waals surface area contributed by atoms with E-state index in [9.17, 15) is 4.79 Å². The fraction of sp³-hybridized carbons (Fsp3) is 0.333. The van der Waals surface area contributed by atoms with Crippen molar-refractivity contribution in [1.82, 2.24) is 20.0 Å². The predicted octanol–water partition coefficient (Wildman–Crippen LogP) is 0.954. The van der Waals surface area contributed by atoms with E-state index in [1.54, 1.807) is 30.3 Å². The van der Waals surface area contributed by atoms with Gasteiger partial charge in [-0.1, -0.05) is 5.21 Å². The molecule has 0 saturated heterocycles. The largest absolute Gasteiger partial charge is 0.299 e. The van der Waals surface area contributed by atoms with E-state index in [2.05, 4.69) is 15.3 Å². The smallest absolute Gasteiger partial charge is 0.139 e. The number of carbonyl (C=O) groups is 1. The molecule has 0 spiro atoms. The molecule has 0 atom stereocenters. The van der Waals surface area contributed by atoms with Crippen LogP contribution in [-0.4, -0.2) is 25.8 Å². The molecule has 0 aliphatic rings. The van der Waals surface area contributed by atoms with E-state index in [-0.39, 0.29) is 5.78 Å². The summed E-state index contributed by atoms with van der Waals surface area (Å²) >= 11 is 0. The molecule has 5 heteroatoms. The molecule has 0 saturated carbocycles. The van der Waals surface area contributed by atoms with Crippen molar-refractivity contribution in [1.29, 1.82) is 0 Å². The van der Waals surface area contributed by atoms with Crippen LogP contribution < -0.4 is 0 Å². The SMILES string of the molecule is Cn1cc(CC(=O)CCc2ccncc2)nn1. The maximum atomic E-state index is 11.7. The third kappa shape index (κ3) is 3.48. The normalized spacial score (nSPS) is 10.4. The Morgan fingerprint density at radius 1 is 1.35 bits per heavy atom. The number of Topliss-reactive ketones (excluding diaryl/α,β-unsaturated/α-hetero) is 1. The van der Waals surface area contributed by atoms with Gasteiger partial charge in [-0.3, -0.25) is 14.5 Å². The number of carbonyl (C=O) groups excluding carboxylic acids is 1. The summed E-state index contributed by atoms with van der Waals surface area (Å²) in [6.07, 6.45) is 6.89. The average Bonchev–Trinajstić information content (AvgIpc) is 2.73. The van der Waals surface area contributed by atoms with Gasteiger partial charge >= 0.3 is 0 Å². The van der Waals surface area contributed by atoms with E-state index in [1.807, 2.05) is 12.1 Å². The van der Waals surface area contributed by atoms with E-state index in [1.165, 1.54) is 0 Å². The summed E-state index contributed by atoms with van der Waals surface area (Å²) in [7, 11) is 1.79. The second kappa shape index (κ2) is 5.34. The molecular formula is C12H14N4O. The van der Waals surface area contributed by atoms with Gasteiger partial charge in [-0.15, -0.1) is 5.10 Å². The van der Waals surface area contributed by atoms with Gasteiger partial charge in [0.2, 0.25) is 0 Å². The molecule has 2 aromatic heterocycles. The number of aryl methyl sites for hydroxylation is 2. The molecule has 0 aromatic carbocycles. The Morgan fingerprint density at radius 2 is 2.12 bits per heavy atom. The lowest BCUT2D eigenvalue weighted by atomic mass is 10.1. The Hall–Kier alpha value is -2.04. The lowest BCUT2D eigenvalue weighted by molar-refractivity contribution is -0.118.